The van der Waals surface area contributed by atoms with E-state index in [0.29, 0.717) is 19.5 Å². The smallest absolute Gasteiger partial charge is 0.224 e. The van der Waals surface area contributed by atoms with Gasteiger partial charge in [0.1, 0.15) is 0 Å². The van der Waals surface area contributed by atoms with Gasteiger partial charge in [0.05, 0.1) is 23.2 Å². The van der Waals surface area contributed by atoms with E-state index in [2.05, 4.69) is 24.0 Å². The molecule has 136 valence electrons. The van der Waals surface area contributed by atoms with Gasteiger partial charge in [-0.15, -0.1) is 0 Å². The summed E-state index contributed by atoms with van der Waals surface area (Å²) in [6.45, 7) is 5.06. The lowest BCUT2D eigenvalue weighted by molar-refractivity contribution is -0.136. The molecule has 1 unspecified atom stereocenters. The molecule has 0 radical (unpaired) electrons. The van der Waals surface area contributed by atoms with Crippen molar-refractivity contribution in [1.82, 2.24) is 19.6 Å². The number of aliphatic hydroxyl groups is 1. The zero-order valence-corrected chi connectivity index (χ0v) is 15.4. The molecule has 3 rings (SSSR count). The van der Waals surface area contributed by atoms with Crippen molar-refractivity contribution in [3.63, 3.8) is 0 Å². The third-order valence-electron chi connectivity index (χ3n) is 5.02. The van der Waals surface area contributed by atoms with Crippen LogP contribution in [-0.2, 0) is 17.9 Å². The molecule has 1 aliphatic rings. The van der Waals surface area contributed by atoms with Gasteiger partial charge in [0.15, 0.2) is 0 Å². The summed E-state index contributed by atoms with van der Waals surface area (Å²) >= 11 is 0. The zero-order chi connectivity index (χ0) is 18.0. The summed E-state index contributed by atoms with van der Waals surface area (Å²) in [5.74, 6) is -0.0231. The Kier molecular flexibility index (Phi) is 5.11. The van der Waals surface area contributed by atoms with Gasteiger partial charge < -0.3 is 10.0 Å². The second kappa shape index (κ2) is 7.14. The summed E-state index contributed by atoms with van der Waals surface area (Å²) in [5, 5.41) is 16.8. The Morgan fingerprint density at radius 1 is 1.36 bits per heavy atom. The quantitative estimate of drug-likeness (QED) is 0.899. The van der Waals surface area contributed by atoms with Crippen LogP contribution in [0, 0.1) is 0 Å². The van der Waals surface area contributed by atoms with Gasteiger partial charge in [-0.25, -0.2) is 0 Å². The summed E-state index contributed by atoms with van der Waals surface area (Å²) in [5.41, 5.74) is 1.25. The van der Waals surface area contributed by atoms with E-state index in [4.69, 9.17) is 5.10 Å². The van der Waals surface area contributed by atoms with Crippen molar-refractivity contribution in [3.05, 3.63) is 30.0 Å². The second-order valence-electron chi connectivity index (χ2n) is 7.28. The third kappa shape index (κ3) is 3.85. The fourth-order valence-corrected chi connectivity index (χ4v) is 3.69. The molecule has 1 aliphatic heterocycles. The van der Waals surface area contributed by atoms with Crippen LogP contribution in [0.5, 0.6) is 0 Å². The predicted molar refractivity (Wildman–Crippen MR) is 98.2 cm³/mol. The van der Waals surface area contributed by atoms with Gasteiger partial charge in [-0.2, -0.15) is 5.10 Å². The highest BCUT2D eigenvalue weighted by molar-refractivity contribution is 5.82. The molecule has 2 aromatic rings. The third-order valence-corrected chi connectivity index (χ3v) is 5.02. The molecule has 0 spiro atoms. The van der Waals surface area contributed by atoms with Crippen molar-refractivity contribution in [1.29, 1.82) is 0 Å². The largest absolute Gasteiger partial charge is 0.388 e. The molecule has 1 amide bonds. The van der Waals surface area contributed by atoms with Gasteiger partial charge in [0, 0.05) is 39.1 Å². The van der Waals surface area contributed by atoms with Gasteiger partial charge in [-0.1, -0.05) is 18.2 Å². The van der Waals surface area contributed by atoms with E-state index >= 15 is 0 Å². The van der Waals surface area contributed by atoms with Crippen molar-refractivity contribution < 1.29 is 9.90 Å². The minimum absolute atomic E-state index is 0.0231. The molecule has 1 aromatic carbocycles. The van der Waals surface area contributed by atoms with Gasteiger partial charge in [-0.05, 0) is 32.4 Å². The average molecular weight is 344 g/mol. The summed E-state index contributed by atoms with van der Waals surface area (Å²) in [7, 11) is 3.46. The van der Waals surface area contributed by atoms with Crippen molar-refractivity contribution in [2.45, 2.75) is 44.9 Å². The highest BCUT2D eigenvalue weighted by atomic mass is 16.3. The number of hydrogen-bond donors (Lipinski definition) is 1. The van der Waals surface area contributed by atoms with E-state index in [1.807, 2.05) is 16.8 Å². The minimum Gasteiger partial charge on any atom is -0.388 e. The molecule has 1 saturated heterocycles. The fraction of sp³-hybridized carbons (Fsp3) is 0.579. The molecule has 1 aromatic heterocycles. The number of likely N-dealkylation sites (tertiary alicyclic amines) is 1. The number of para-hydroxylation sites is 1. The number of piperidine rings is 1. The Morgan fingerprint density at radius 2 is 2.12 bits per heavy atom. The Morgan fingerprint density at radius 3 is 2.84 bits per heavy atom. The first-order valence-corrected chi connectivity index (χ1v) is 9.01. The minimum atomic E-state index is -0.942. The van der Waals surface area contributed by atoms with Gasteiger partial charge in [0.2, 0.25) is 5.91 Å². The maximum absolute atomic E-state index is 12.0. The van der Waals surface area contributed by atoms with Crippen molar-refractivity contribution in [2.75, 3.05) is 27.2 Å². The average Bonchev–Trinajstić information content (AvgIpc) is 2.92. The number of aryl methyl sites for hydroxylation is 1. The number of β-amino-alcohol motifs (C(OH)–C–C–N with tert-alkyl or cyclic N) is 1. The van der Waals surface area contributed by atoms with Crippen LogP contribution in [0.15, 0.2) is 24.3 Å². The highest BCUT2D eigenvalue weighted by Gasteiger charge is 2.36. The molecule has 0 saturated carbocycles. The molecule has 0 aliphatic carbocycles. The molecule has 1 N–H and O–H groups in total. The SMILES string of the molecule is CCn1nc(CN2CCCC(O)(CC(=O)N(C)C)C2)c2ccccc21. The number of hydrogen-bond acceptors (Lipinski definition) is 4. The molecule has 2 heterocycles. The number of carbonyl (C=O) groups excluding carboxylic acids is 1. The first-order chi connectivity index (χ1) is 11.9. The first-order valence-electron chi connectivity index (χ1n) is 9.01. The number of amides is 1. The summed E-state index contributed by atoms with van der Waals surface area (Å²) in [6.07, 6.45) is 1.75. The zero-order valence-electron chi connectivity index (χ0n) is 15.4. The second-order valence-corrected chi connectivity index (χ2v) is 7.28. The van der Waals surface area contributed by atoms with Crippen LogP contribution in [0.3, 0.4) is 0 Å². The van der Waals surface area contributed by atoms with Crippen LogP contribution in [0.1, 0.15) is 31.9 Å². The number of carbonyl (C=O) groups is 1. The number of benzene rings is 1. The standard InChI is InChI=1S/C19H28N4O2/c1-4-23-17-9-6-5-8-15(17)16(20-23)13-22-11-7-10-19(25,14-22)12-18(24)21(2)3/h5-6,8-9,25H,4,7,10-14H2,1-3H3. The lowest BCUT2D eigenvalue weighted by atomic mass is 9.89. The summed E-state index contributed by atoms with van der Waals surface area (Å²) in [6, 6.07) is 8.27. The molecule has 0 bridgehead atoms. The number of fused-ring (bicyclic) bond motifs is 1. The van der Waals surface area contributed by atoms with Crippen LogP contribution in [0.4, 0.5) is 0 Å². The Hall–Kier alpha value is -1.92. The molecule has 6 nitrogen and oxygen atoms in total. The Bertz CT molecular complexity index is 755. The maximum atomic E-state index is 12.0. The van der Waals surface area contributed by atoms with E-state index in [1.165, 1.54) is 5.39 Å². The van der Waals surface area contributed by atoms with Crippen molar-refractivity contribution in [2.24, 2.45) is 0 Å². The van der Waals surface area contributed by atoms with E-state index in [1.54, 1.807) is 19.0 Å². The molecule has 6 heteroatoms. The van der Waals surface area contributed by atoms with E-state index < -0.39 is 5.60 Å². The molecular weight excluding hydrogens is 316 g/mol. The van der Waals surface area contributed by atoms with Gasteiger partial charge in [-0.3, -0.25) is 14.4 Å². The monoisotopic (exact) mass is 344 g/mol. The lowest BCUT2D eigenvalue weighted by Crippen LogP contribution is -2.50. The van der Waals surface area contributed by atoms with Crippen molar-refractivity contribution in [3.8, 4) is 0 Å². The molecule has 25 heavy (non-hydrogen) atoms. The van der Waals surface area contributed by atoms with Crippen molar-refractivity contribution >= 4 is 16.8 Å². The van der Waals surface area contributed by atoms with E-state index in [-0.39, 0.29) is 12.3 Å². The normalized spacial score (nSPS) is 21.6. The predicted octanol–water partition coefficient (Wildman–Crippen LogP) is 1.86. The van der Waals surface area contributed by atoms with E-state index in [0.717, 1.165) is 30.7 Å². The Balaban J connectivity index is 1.76. The highest BCUT2D eigenvalue weighted by Crippen LogP contribution is 2.27. The fourth-order valence-electron chi connectivity index (χ4n) is 3.69. The number of nitrogens with zero attached hydrogens (tertiary/aromatic N) is 4. The first kappa shape index (κ1) is 17.9. The number of aromatic nitrogens is 2. The maximum Gasteiger partial charge on any atom is 0.224 e. The van der Waals surface area contributed by atoms with Gasteiger partial charge >= 0.3 is 0 Å². The molecular formula is C19H28N4O2. The van der Waals surface area contributed by atoms with Crippen LogP contribution in [0.2, 0.25) is 0 Å². The van der Waals surface area contributed by atoms with Crippen LogP contribution in [0.25, 0.3) is 10.9 Å². The molecule has 1 atom stereocenters. The summed E-state index contributed by atoms with van der Waals surface area (Å²) < 4.78 is 2.02. The topological polar surface area (TPSA) is 61.6 Å². The van der Waals surface area contributed by atoms with Crippen LogP contribution >= 0.6 is 0 Å². The van der Waals surface area contributed by atoms with E-state index in [9.17, 15) is 9.90 Å². The Labute approximate surface area is 149 Å². The molecule has 1 fully saturated rings. The van der Waals surface area contributed by atoms with Crippen LogP contribution < -0.4 is 0 Å². The number of rotatable bonds is 5. The summed E-state index contributed by atoms with van der Waals surface area (Å²) in [4.78, 5) is 15.8. The van der Waals surface area contributed by atoms with Gasteiger partial charge in [0.25, 0.3) is 0 Å². The lowest BCUT2D eigenvalue weighted by Gasteiger charge is -2.39. The van der Waals surface area contributed by atoms with Crippen LogP contribution in [-0.4, -0.2) is 63.4 Å².